The number of unbranched alkanes of at least 4 members (excludes halogenated alkanes) is 1. The van der Waals surface area contributed by atoms with Crippen molar-refractivity contribution in [3.63, 3.8) is 0 Å². The first-order chi connectivity index (χ1) is 15.5. The van der Waals surface area contributed by atoms with Gasteiger partial charge in [-0.15, -0.1) is 0 Å². The van der Waals surface area contributed by atoms with Gasteiger partial charge in [-0.05, 0) is 56.2 Å². The molecule has 0 aliphatic heterocycles. The van der Waals surface area contributed by atoms with Gasteiger partial charge < -0.3 is 24.3 Å². The molecule has 0 fully saturated rings. The van der Waals surface area contributed by atoms with E-state index in [9.17, 15) is 9.59 Å². The summed E-state index contributed by atoms with van der Waals surface area (Å²) in [4.78, 5) is 24.5. The number of carbonyl (C=O) groups excluding carboxylic acids is 2. The van der Waals surface area contributed by atoms with Gasteiger partial charge in [-0.25, -0.2) is 4.79 Å². The summed E-state index contributed by atoms with van der Waals surface area (Å²) < 4.78 is 21.8. The van der Waals surface area contributed by atoms with Crippen molar-refractivity contribution in [1.82, 2.24) is 0 Å². The van der Waals surface area contributed by atoms with Crippen molar-refractivity contribution in [1.29, 1.82) is 0 Å². The Morgan fingerprint density at radius 1 is 1.03 bits per heavy atom. The van der Waals surface area contributed by atoms with Gasteiger partial charge in [0.05, 0.1) is 26.0 Å². The fourth-order valence-electron chi connectivity index (χ4n) is 2.76. The average Bonchev–Trinajstić information content (AvgIpc) is 2.79. The van der Waals surface area contributed by atoms with Crippen LogP contribution in [0.2, 0.25) is 0 Å². The maximum atomic E-state index is 12.4. The Morgan fingerprint density at radius 3 is 2.53 bits per heavy atom. The summed E-state index contributed by atoms with van der Waals surface area (Å²) in [5, 5.41) is 2.69. The highest BCUT2D eigenvalue weighted by molar-refractivity contribution is 5.97. The first kappa shape index (κ1) is 24.8. The number of esters is 1. The molecule has 0 spiro atoms. The van der Waals surface area contributed by atoms with E-state index in [1.807, 2.05) is 19.1 Å². The summed E-state index contributed by atoms with van der Waals surface area (Å²) in [6, 6.07) is 12.4. The lowest BCUT2D eigenvalue weighted by atomic mass is 10.2. The van der Waals surface area contributed by atoms with Gasteiger partial charge in [-0.3, -0.25) is 4.79 Å². The molecule has 0 saturated heterocycles. The van der Waals surface area contributed by atoms with Gasteiger partial charge in [-0.2, -0.15) is 0 Å². The topological polar surface area (TPSA) is 83.1 Å². The van der Waals surface area contributed by atoms with Gasteiger partial charge >= 0.3 is 5.97 Å². The molecule has 7 heteroatoms. The normalized spacial score (nSPS) is 11.6. The molecule has 0 aliphatic carbocycles. The Hall–Kier alpha value is -3.48. The van der Waals surface area contributed by atoms with Crippen molar-refractivity contribution in [2.24, 2.45) is 0 Å². The van der Waals surface area contributed by atoms with Crippen molar-refractivity contribution < 1.29 is 28.5 Å². The van der Waals surface area contributed by atoms with Crippen LogP contribution in [-0.4, -0.2) is 38.3 Å². The Labute approximate surface area is 189 Å². The summed E-state index contributed by atoms with van der Waals surface area (Å²) in [5.74, 6) is 0.717. The maximum absolute atomic E-state index is 12.4. The van der Waals surface area contributed by atoms with Gasteiger partial charge in [-0.1, -0.05) is 31.5 Å². The lowest BCUT2D eigenvalue weighted by Crippen LogP contribution is -2.29. The van der Waals surface area contributed by atoms with E-state index in [4.69, 9.17) is 18.9 Å². The van der Waals surface area contributed by atoms with Crippen LogP contribution in [0.5, 0.6) is 17.2 Å². The number of ether oxygens (including phenoxy) is 4. The van der Waals surface area contributed by atoms with Crippen LogP contribution in [0.3, 0.4) is 0 Å². The molecule has 172 valence electrons. The third-order valence-corrected chi connectivity index (χ3v) is 4.46. The van der Waals surface area contributed by atoms with E-state index in [1.54, 1.807) is 36.4 Å². The van der Waals surface area contributed by atoms with E-state index < -0.39 is 18.0 Å². The fourth-order valence-corrected chi connectivity index (χ4v) is 2.76. The quantitative estimate of drug-likeness (QED) is 0.288. The van der Waals surface area contributed by atoms with Crippen LogP contribution < -0.4 is 19.5 Å². The van der Waals surface area contributed by atoms with E-state index >= 15 is 0 Å². The Kier molecular flexibility index (Phi) is 10.1. The van der Waals surface area contributed by atoms with Crippen LogP contribution in [0.25, 0.3) is 6.08 Å². The van der Waals surface area contributed by atoms with E-state index in [0.717, 1.165) is 18.4 Å². The van der Waals surface area contributed by atoms with Crippen LogP contribution >= 0.6 is 0 Å². The number of nitrogens with one attached hydrogen (secondary N) is 1. The third kappa shape index (κ3) is 7.65. The molecule has 0 heterocycles. The number of para-hydroxylation sites is 2. The number of amides is 1. The largest absolute Gasteiger partial charge is 0.495 e. The summed E-state index contributed by atoms with van der Waals surface area (Å²) in [7, 11) is 1.51. The van der Waals surface area contributed by atoms with Crippen molar-refractivity contribution in [3.8, 4) is 17.2 Å². The second-order valence-corrected chi connectivity index (χ2v) is 6.94. The molecule has 2 rings (SSSR count). The zero-order chi connectivity index (χ0) is 23.3. The molecule has 0 aliphatic rings. The Balaban J connectivity index is 1.96. The fraction of sp³-hybridized carbons (Fsp3) is 0.360. The minimum atomic E-state index is -0.981. The van der Waals surface area contributed by atoms with E-state index in [2.05, 4.69) is 12.2 Å². The molecule has 7 nitrogen and oxygen atoms in total. The second kappa shape index (κ2) is 13.0. The minimum Gasteiger partial charge on any atom is -0.495 e. The third-order valence-electron chi connectivity index (χ3n) is 4.46. The molecule has 32 heavy (non-hydrogen) atoms. The predicted molar refractivity (Wildman–Crippen MR) is 124 cm³/mol. The molecule has 1 N–H and O–H groups in total. The van der Waals surface area contributed by atoms with Crippen LogP contribution in [0.4, 0.5) is 5.69 Å². The molecule has 1 amide bonds. The Bertz CT molecular complexity index is 924. The molecule has 0 saturated carbocycles. The van der Waals surface area contributed by atoms with Crippen molar-refractivity contribution in [2.75, 3.05) is 25.6 Å². The minimum absolute atomic E-state index is 0.455. The summed E-state index contributed by atoms with van der Waals surface area (Å²) in [6.07, 6.45) is 3.90. The van der Waals surface area contributed by atoms with E-state index in [-0.39, 0.29) is 0 Å². The first-order valence-corrected chi connectivity index (χ1v) is 10.7. The summed E-state index contributed by atoms with van der Waals surface area (Å²) >= 11 is 0. The molecule has 1 unspecified atom stereocenters. The first-order valence-electron chi connectivity index (χ1n) is 10.7. The number of hydrogen-bond acceptors (Lipinski definition) is 6. The van der Waals surface area contributed by atoms with Gasteiger partial charge in [0.2, 0.25) is 0 Å². The van der Waals surface area contributed by atoms with E-state index in [0.29, 0.717) is 36.1 Å². The smallest absolute Gasteiger partial charge is 0.331 e. The molecule has 2 aromatic rings. The van der Waals surface area contributed by atoms with E-state index in [1.165, 1.54) is 20.1 Å². The predicted octanol–water partition coefficient (Wildman–Crippen LogP) is 4.86. The molecule has 0 radical (unpaired) electrons. The number of methoxy groups -OCH3 is 1. The highest BCUT2D eigenvalue weighted by Gasteiger charge is 2.18. The lowest BCUT2D eigenvalue weighted by molar-refractivity contribution is -0.148. The van der Waals surface area contributed by atoms with Crippen LogP contribution in [0.1, 0.15) is 39.2 Å². The van der Waals surface area contributed by atoms with Crippen LogP contribution in [-0.2, 0) is 14.3 Å². The molecular formula is C25H31NO6. The number of benzene rings is 2. The zero-order valence-electron chi connectivity index (χ0n) is 19.1. The van der Waals surface area contributed by atoms with Gasteiger partial charge in [0.1, 0.15) is 5.75 Å². The SMILES string of the molecule is CCCCOc1ccc(C=CC(=O)OC(C)C(=O)Nc2ccccc2OC)cc1OCC. The molecule has 0 bridgehead atoms. The zero-order valence-corrected chi connectivity index (χ0v) is 19.1. The van der Waals surface area contributed by atoms with Crippen molar-refractivity contribution in [2.45, 2.75) is 39.7 Å². The highest BCUT2D eigenvalue weighted by atomic mass is 16.5. The number of rotatable bonds is 12. The van der Waals surface area contributed by atoms with Gasteiger partial charge in [0.15, 0.2) is 17.6 Å². The Morgan fingerprint density at radius 2 is 1.81 bits per heavy atom. The van der Waals surface area contributed by atoms with Crippen molar-refractivity contribution in [3.05, 3.63) is 54.1 Å². The second-order valence-electron chi connectivity index (χ2n) is 6.94. The molecule has 1 atom stereocenters. The van der Waals surface area contributed by atoms with Gasteiger partial charge in [0, 0.05) is 6.08 Å². The standard InChI is InChI=1S/C25H31NO6/c1-5-7-16-31-22-14-12-19(17-23(22)30-6-2)13-15-24(27)32-18(3)25(28)26-20-10-8-9-11-21(20)29-4/h8-15,17-18H,5-7,16H2,1-4H3,(H,26,28). The number of carbonyl (C=O) groups is 2. The van der Waals surface area contributed by atoms with Crippen LogP contribution in [0, 0.1) is 0 Å². The molecule has 0 aromatic heterocycles. The molecular weight excluding hydrogens is 410 g/mol. The van der Waals surface area contributed by atoms with Crippen molar-refractivity contribution >= 4 is 23.6 Å². The highest BCUT2D eigenvalue weighted by Crippen LogP contribution is 2.29. The lowest BCUT2D eigenvalue weighted by Gasteiger charge is -2.14. The number of hydrogen-bond donors (Lipinski definition) is 1. The monoisotopic (exact) mass is 441 g/mol. The van der Waals surface area contributed by atoms with Crippen LogP contribution in [0.15, 0.2) is 48.5 Å². The maximum Gasteiger partial charge on any atom is 0.331 e. The summed E-state index contributed by atoms with van der Waals surface area (Å²) in [6.45, 7) is 6.62. The van der Waals surface area contributed by atoms with Gasteiger partial charge in [0.25, 0.3) is 5.91 Å². The number of anilines is 1. The summed E-state index contributed by atoms with van der Waals surface area (Å²) in [5.41, 5.74) is 1.25. The molecule has 2 aromatic carbocycles. The average molecular weight is 442 g/mol.